The summed E-state index contributed by atoms with van der Waals surface area (Å²) in [6.45, 7) is 0.563. The molecule has 0 radical (unpaired) electrons. The Morgan fingerprint density at radius 1 is 1.24 bits per heavy atom. The van der Waals surface area contributed by atoms with Crippen LogP contribution in [0.15, 0.2) is 34.8 Å². The van der Waals surface area contributed by atoms with Crippen LogP contribution in [-0.4, -0.2) is 12.6 Å². The van der Waals surface area contributed by atoms with E-state index in [2.05, 4.69) is 21.2 Å². The smallest absolute Gasteiger partial charge is 0.123 e. The molecule has 0 bridgehead atoms. The lowest BCUT2D eigenvalue weighted by molar-refractivity contribution is 0.246. The van der Waals surface area contributed by atoms with Crippen LogP contribution < -0.4 is 10.1 Å². The van der Waals surface area contributed by atoms with E-state index in [-0.39, 0.29) is 11.9 Å². The van der Waals surface area contributed by atoms with Gasteiger partial charge < -0.3 is 10.1 Å². The van der Waals surface area contributed by atoms with Crippen LogP contribution in [-0.2, 0) is 6.42 Å². The predicted molar refractivity (Wildman–Crippen MR) is 87.2 cm³/mol. The molecular formula is C15H11BrCl2FNO. The second-order valence-corrected chi connectivity index (χ2v) is 6.41. The summed E-state index contributed by atoms with van der Waals surface area (Å²) in [6.07, 6.45) is 0.613. The fourth-order valence-electron chi connectivity index (χ4n) is 2.29. The van der Waals surface area contributed by atoms with Crippen LogP contribution in [0, 0.1) is 5.82 Å². The van der Waals surface area contributed by atoms with Crippen molar-refractivity contribution >= 4 is 44.8 Å². The van der Waals surface area contributed by atoms with Crippen molar-refractivity contribution in [1.29, 1.82) is 0 Å². The molecule has 0 amide bonds. The number of halogens is 4. The lowest BCUT2D eigenvalue weighted by Gasteiger charge is -2.14. The van der Waals surface area contributed by atoms with E-state index in [1.165, 1.54) is 12.1 Å². The molecule has 0 aromatic heterocycles. The van der Waals surface area contributed by atoms with Gasteiger partial charge in [0, 0.05) is 16.5 Å². The molecule has 21 heavy (non-hydrogen) atoms. The van der Waals surface area contributed by atoms with Gasteiger partial charge in [0.05, 0.1) is 22.3 Å². The Labute approximate surface area is 140 Å². The van der Waals surface area contributed by atoms with Gasteiger partial charge in [-0.3, -0.25) is 0 Å². The molecule has 3 rings (SSSR count). The SMILES string of the molecule is Fc1ccc2c(c1)CC(CNc1ccc(Br)c(Cl)c1Cl)O2. The van der Waals surface area contributed by atoms with Gasteiger partial charge in [0.2, 0.25) is 0 Å². The second kappa shape index (κ2) is 6.03. The monoisotopic (exact) mass is 389 g/mol. The summed E-state index contributed by atoms with van der Waals surface area (Å²) in [5, 5.41) is 4.15. The third-order valence-electron chi connectivity index (χ3n) is 3.32. The summed E-state index contributed by atoms with van der Waals surface area (Å²) in [6, 6.07) is 8.25. The lowest BCUT2D eigenvalue weighted by Crippen LogP contribution is -2.24. The van der Waals surface area contributed by atoms with Crippen molar-refractivity contribution in [2.45, 2.75) is 12.5 Å². The van der Waals surface area contributed by atoms with Gasteiger partial charge in [0.1, 0.15) is 17.7 Å². The molecule has 0 saturated heterocycles. The van der Waals surface area contributed by atoms with Crippen molar-refractivity contribution in [2.24, 2.45) is 0 Å². The molecule has 0 spiro atoms. The molecule has 1 aliphatic rings. The fourth-order valence-corrected chi connectivity index (χ4v) is 3.13. The summed E-state index contributed by atoms with van der Waals surface area (Å²) in [5.41, 5.74) is 1.64. The van der Waals surface area contributed by atoms with Gasteiger partial charge in [-0.2, -0.15) is 0 Å². The number of anilines is 1. The molecule has 2 nitrogen and oxygen atoms in total. The molecule has 0 fully saturated rings. The van der Waals surface area contributed by atoms with E-state index >= 15 is 0 Å². The number of nitrogens with one attached hydrogen (secondary N) is 1. The van der Waals surface area contributed by atoms with Crippen molar-refractivity contribution in [2.75, 3.05) is 11.9 Å². The maximum atomic E-state index is 13.2. The molecule has 2 aromatic carbocycles. The van der Waals surface area contributed by atoms with E-state index in [0.29, 0.717) is 23.0 Å². The number of ether oxygens (including phenoxy) is 1. The molecule has 1 heterocycles. The van der Waals surface area contributed by atoms with Crippen molar-refractivity contribution < 1.29 is 9.13 Å². The minimum Gasteiger partial charge on any atom is -0.488 e. The van der Waals surface area contributed by atoms with Gasteiger partial charge in [-0.15, -0.1) is 0 Å². The van der Waals surface area contributed by atoms with Crippen LogP contribution in [0.5, 0.6) is 5.75 Å². The first kappa shape index (κ1) is 14.9. The average Bonchev–Trinajstić information content (AvgIpc) is 2.86. The number of benzene rings is 2. The van der Waals surface area contributed by atoms with Crippen LogP contribution in [0.2, 0.25) is 10.0 Å². The number of hydrogen-bond donors (Lipinski definition) is 1. The van der Waals surface area contributed by atoms with Gasteiger partial charge in [-0.1, -0.05) is 23.2 Å². The second-order valence-electron chi connectivity index (χ2n) is 4.80. The Kier molecular flexibility index (Phi) is 4.29. The molecule has 1 N–H and O–H groups in total. The molecule has 0 aliphatic carbocycles. The van der Waals surface area contributed by atoms with Gasteiger partial charge in [-0.05, 0) is 46.3 Å². The van der Waals surface area contributed by atoms with E-state index in [9.17, 15) is 4.39 Å². The van der Waals surface area contributed by atoms with Gasteiger partial charge >= 0.3 is 0 Å². The zero-order valence-corrected chi connectivity index (χ0v) is 13.9. The Morgan fingerprint density at radius 2 is 2.05 bits per heavy atom. The highest BCUT2D eigenvalue weighted by molar-refractivity contribution is 9.10. The Balaban J connectivity index is 1.66. The summed E-state index contributed by atoms with van der Waals surface area (Å²) in [7, 11) is 0. The molecule has 1 atom stereocenters. The first-order chi connectivity index (χ1) is 10.0. The maximum absolute atomic E-state index is 13.2. The van der Waals surface area contributed by atoms with E-state index < -0.39 is 0 Å². The molecule has 2 aromatic rings. The number of rotatable bonds is 3. The highest BCUT2D eigenvalue weighted by Gasteiger charge is 2.23. The van der Waals surface area contributed by atoms with Gasteiger partial charge in [-0.25, -0.2) is 4.39 Å². The fraction of sp³-hybridized carbons (Fsp3) is 0.200. The first-order valence-electron chi connectivity index (χ1n) is 6.37. The Morgan fingerprint density at radius 3 is 2.86 bits per heavy atom. The quantitative estimate of drug-likeness (QED) is 0.717. The third-order valence-corrected chi connectivity index (χ3v) is 5.09. The highest BCUT2D eigenvalue weighted by Crippen LogP contribution is 2.36. The lowest BCUT2D eigenvalue weighted by atomic mass is 10.1. The van der Waals surface area contributed by atoms with E-state index in [0.717, 1.165) is 21.5 Å². The van der Waals surface area contributed by atoms with Crippen molar-refractivity contribution in [3.8, 4) is 5.75 Å². The number of hydrogen-bond acceptors (Lipinski definition) is 2. The summed E-state index contributed by atoms with van der Waals surface area (Å²) in [5.74, 6) is 0.497. The minimum absolute atomic E-state index is 0.0553. The normalized spacial score (nSPS) is 16.5. The topological polar surface area (TPSA) is 21.3 Å². The van der Waals surface area contributed by atoms with Crippen LogP contribution >= 0.6 is 39.1 Å². The molecule has 110 valence electrons. The Bertz CT molecular complexity index is 696. The van der Waals surface area contributed by atoms with Gasteiger partial charge in [0.25, 0.3) is 0 Å². The third kappa shape index (κ3) is 3.12. The molecule has 0 saturated carbocycles. The molecule has 1 unspecified atom stereocenters. The van der Waals surface area contributed by atoms with Crippen molar-refractivity contribution in [3.05, 3.63) is 56.2 Å². The van der Waals surface area contributed by atoms with Crippen LogP contribution in [0.25, 0.3) is 0 Å². The summed E-state index contributed by atoms with van der Waals surface area (Å²) >= 11 is 15.6. The van der Waals surface area contributed by atoms with E-state index in [4.69, 9.17) is 27.9 Å². The maximum Gasteiger partial charge on any atom is 0.123 e. The van der Waals surface area contributed by atoms with E-state index in [1.54, 1.807) is 6.07 Å². The highest BCUT2D eigenvalue weighted by atomic mass is 79.9. The van der Waals surface area contributed by atoms with Crippen LogP contribution in [0.1, 0.15) is 5.56 Å². The standard InChI is InChI=1S/C15H11BrCl2FNO/c16-11-2-3-12(15(18)14(11)17)20-7-10-6-8-5-9(19)1-4-13(8)21-10/h1-5,10,20H,6-7H2. The molecule has 1 aliphatic heterocycles. The summed E-state index contributed by atoms with van der Waals surface area (Å²) < 4.78 is 19.7. The molecule has 6 heteroatoms. The van der Waals surface area contributed by atoms with Crippen LogP contribution in [0.4, 0.5) is 10.1 Å². The van der Waals surface area contributed by atoms with Crippen molar-refractivity contribution in [1.82, 2.24) is 0 Å². The first-order valence-corrected chi connectivity index (χ1v) is 7.92. The average molecular weight is 391 g/mol. The van der Waals surface area contributed by atoms with E-state index in [1.807, 2.05) is 12.1 Å². The minimum atomic E-state index is -0.242. The van der Waals surface area contributed by atoms with Gasteiger partial charge in [0.15, 0.2) is 0 Å². The zero-order valence-electron chi connectivity index (χ0n) is 10.8. The Hall–Kier alpha value is -0.970. The zero-order chi connectivity index (χ0) is 15.0. The largest absolute Gasteiger partial charge is 0.488 e. The van der Waals surface area contributed by atoms with Crippen LogP contribution in [0.3, 0.4) is 0 Å². The molecular weight excluding hydrogens is 380 g/mol. The number of fused-ring (bicyclic) bond motifs is 1. The van der Waals surface area contributed by atoms with Crippen molar-refractivity contribution in [3.63, 3.8) is 0 Å². The summed E-state index contributed by atoms with van der Waals surface area (Å²) in [4.78, 5) is 0. The predicted octanol–water partition coefficient (Wildman–Crippen LogP) is 5.31.